The molecule has 0 heterocycles. The van der Waals surface area contributed by atoms with Gasteiger partial charge in [0.1, 0.15) is 18.1 Å². The van der Waals surface area contributed by atoms with Gasteiger partial charge in [-0.3, -0.25) is 4.79 Å². The van der Waals surface area contributed by atoms with Crippen molar-refractivity contribution in [2.24, 2.45) is 5.10 Å². The van der Waals surface area contributed by atoms with Gasteiger partial charge < -0.3 is 9.47 Å². The maximum absolute atomic E-state index is 11.9. The number of carbonyl (C=O) groups excluding carboxylic acids is 1. The molecule has 0 radical (unpaired) electrons. The zero-order valence-electron chi connectivity index (χ0n) is 16.6. The summed E-state index contributed by atoms with van der Waals surface area (Å²) in [4.78, 5) is 11.9. The van der Waals surface area contributed by atoms with Crippen LogP contribution in [0.2, 0.25) is 0 Å². The number of aryl methyl sites for hydroxylation is 2. The first-order valence-electron chi connectivity index (χ1n) is 9.39. The van der Waals surface area contributed by atoms with Gasteiger partial charge in [0, 0.05) is 0 Å². The Morgan fingerprint density at radius 1 is 0.966 bits per heavy atom. The van der Waals surface area contributed by atoms with Gasteiger partial charge in [-0.2, -0.15) is 5.10 Å². The topological polar surface area (TPSA) is 59.9 Å². The van der Waals surface area contributed by atoms with Crippen molar-refractivity contribution < 1.29 is 14.3 Å². The summed E-state index contributed by atoms with van der Waals surface area (Å²) in [5.41, 5.74) is 6.54. The fraction of sp³-hybridized carbons (Fsp3) is 0.167. The lowest BCUT2D eigenvalue weighted by Gasteiger charge is -2.08. The number of carbonyl (C=O) groups is 1. The molecular formula is C24H24N2O3. The maximum Gasteiger partial charge on any atom is 0.277 e. The molecule has 0 bridgehead atoms. The van der Waals surface area contributed by atoms with Gasteiger partial charge >= 0.3 is 0 Å². The Morgan fingerprint density at radius 3 is 2.59 bits per heavy atom. The Morgan fingerprint density at radius 2 is 1.79 bits per heavy atom. The summed E-state index contributed by atoms with van der Waals surface area (Å²) in [6.07, 6.45) is 1.57. The maximum atomic E-state index is 11.9. The van der Waals surface area contributed by atoms with E-state index >= 15 is 0 Å². The predicted molar refractivity (Wildman–Crippen MR) is 114 cm³/mol. The van der Waals surface area contributed by atoms with Crippen LogP contribution < -0.4 is 14.9 Å². The highest BCUT2D eigenvalue weighted by Crippen LogP contribution is 2.18. The molecule has 3 aromatic carbocycles. The molecule has 3 rings (SSSR count). The average Bonchev–Trinajstić information content (AvgIpc) is 2.73. The van der Waals surface area contributed by atoms with Crippen LogP contribution in [0.3, 0.4) is 0 Å². The Balaban J connectivity index is 1.47. The second-order valence-electron chi connectivity index (χ2n) is 6.70. The third-order valence-electron chi connectivity index (χ3n) is 4.20. The van der Waals surface area contributed by atoms with Crippen molar-refractivity contribution in [3.8, 4) is 11.5 Å². The van der Waals surface area contributed by atoms with Crippen molar-refractivity contribution >= 4 is 12.1 Å². The van der Waals surface area contributed by atoms with Gasteiger partial charge in [-0.25, -0.2) is 5.43 Å². The second kappa shape index (κ2) is 10.1. The number of hydrogen-bond donors (Lipinski definition) is 1. The standard InChI is InChI=1S/C24H24N2O3/c1-18-11-12-23(19(2)13-18)29-17-24(27)26-25-15-21-9-6-10-22(14-21)28-16-20-7-4-3-5-8-20/h3-15H,16-17H2,1-2H3,(H,26,27)/b25-15+. The lowest BCUT2D eigenvalue weighted by Crippen LogP contribution is -2.24. The number of benzene rings is 3. The first-order valence-corrected chi connectivity index (χ1v) is 9.39. The van der Waals surface area contributed by atoms with Crippen LogP contribution in [0.25, 0.3) is 0 Å². The Labute approximate surface area is 171 Å². The van der Waals surface area contributed by atoms with Gasteiger partial charge in [0.25, 0.3) is 5.91 Å². The summed E-state index contributed by atoms with van der Waals surface area (Å²) in [5, 5.41) is 3.99. The van der Waals surface area contributed by atoms with Gasteiger partial charge in [0.15, 0.2) is 6.61 Å². The zero-order valence-corrected chi connectivity index (χ0v) is 16.6. The van der Waals surface area contributed by atoms with E-state index in [4.69, 9.17) is 9.47 Å². The quantitative estimate of drug-likeness (QED) is 0.459. The Hall–Kier alpha value is -3.60. The van der Waals surface area contributed by atoms with E-state index in [9.17, 15) is 4.79 Å². The second-order valence-corrected chi connectivity index (χ2v) is 6.70. The largest absolute Gasteiger partial charge is 0.489 e. The van der Waals surface area contributed by atoms with E-state index in [1.807, 2.05) is 86.6 Å². The predicted octanol–water partition coefficient (Wildman–Crippen LogP) is 4.41. The molecule has 0 atom stereocenters. The van der Waals surface area contributed by atoms with Gasteiger partial charge in [-0.1, -0.05) is 60.2 Å². The molecule has 5 nitrogen and oxygen atoms in total. The van der Waals surface area contributed by atoms with E-state index in [1.54, 1.807) is 6.21 Å². The van der Waals surface area contributed by atoms with Crippen molar-refractivity contribution in [3.63, 3.8) is 0 Å². The summed E-state index contributed by atoms with van der Waals surface area (Å²) < 4.78 is 11.3. The minimum Gasteiger partial charge on any atom is -0.489 e. The number of rotatable bonds is 8. The third-order valence-corrected chi connectivity index (χ3v) is 4.20. The molecule has 0 saturated heterocycles. The third kappa shape index (κ3) is 6.50. The van der Waals surface area contributed by atoms with Crippen molar-refractivity contribution in [1.29, 1.82) is 0 Å². The van der Waals surface area contributed by atoms with Gasteiger partial charge in [0.05, 0.1) is 6.21 Å². The molecule has 0 aliphatic rings. The molecule has 0 unspecified atom stereocenters. The minimum atomic E-state index is -0.322. The van der Waals surface area contributed by atoms with Crippen LogP contribution in [0.15, 0.2) is 77.9 Å². The van der Waals surface area contributed by atoms with Gasteiger partial charge in [0.2, 0.25) is 0 Å². The molecule has 0 fully saturated rings. The highest BCUT2D eigenvalue weighted by molar-refractivity contribution is 5.83. The Kier molecular flexibility index (Phi) is 7.00. The number of nitrogens with one attached hydrogen (secondary N) is 1. The van der Waals surface area contributed by atoms with Crippen LogP contribution in [-0.2, 0) is 11.4 Å². The lowest BCUT2D eigenvalue weighted by molar-refractivity contribution is -0.123. The van der Waals surface area contributed by atoms with Crippen LogP contribution in [0.4, 0.5) is 0 Å². The monoisotopic (exact) mass is 388 g/mol. The van der Waals surface area contributed by atoms with Gasteiger partial charge in [-0.15, -0.1) is 0 Å². The normalized spacial score (nSPS) is 10.7. The number of ether oxygens (including phenoxy) is 2. The van der Waals surface area contributed by atoms with Crippen molar-refractivity contribution in [1.82, 2.24) is 5.43 Å². The molecule has 0 aromatic heterocycles. The fourth-order valence-electron chi connectivity index (χ4n) is 2.74. The SMILES string of the molecule is Cc1ccc(OCC(=O)N/N=C/c2cccc(OCc3ccccc3)c2)c(C)c1. The molecule has 5 heteroatoms. The molecule has 0 aliphatic heterocycles. The highest BCUT2D eigenvalue weighted by Gasteiger charge is 2.04. The van der Waals surface area contributed by atoms with Crippen LogP contribution in [-0.4, -0.2) is 18.7 Å². The van der Waals surface area contributed by atoms with E-state index in [-0.39, 0.29) is 12.5 Å². The molecule has 0 aliphatic carbocycles. The summed E-state index contributed by atoms with van der Waals surface area (Å²) >= 11 is 0. The summed E-state index contributed by atoms with van der Waals surface area (Å²) in [7, 11) is 0. The molecule has 1 amide bonds. The summed E-state index contributed by atoms with van der Waals surface area (Å²) in [6, 6.07) is 23.3. The minimum absolute atomic E-state index is 0.0958. The molecule has 0 saturated carbocycles. The van der Waals surface area contributed by atoms with Crippen LogP contribution in [0.1, 0.15) is 22.3 Å². The highest BCUT2D eigenvalue weighted by atomic mass is 16.5. The number of hydrazone groups is 1. The van der Waals surface area contributed by atoms with E-state index in [2.05, 4.69) is 10.5 Å². The van der Waals surface area contributed by atoms with Crippen LogP contribution >= 0.6 is 0 Å². The van der Waals surface area contributed by atoms with Gasteiger partial charge in [-0.05, 0) is 48.7 Å². The first-order chi connectivity index (χ1) is 14.1. The lowest BCUT2D eigenvalue weighted by atomic mass is 10.1. The number of amides is 1. The number of hydrogen-bond acceptors (Lipinski definition) is 4. The van der Waals surface area contributed by atoms with E-state index in [1.165, 1.54) is 0 Å². The Bertz CT molecular complexity index is 984. The van der Waals surface area contributed by atoms with Crippen LogP contribution in [0, 0.1) is 13.8 Å². The smallest absolute Gasteiger partial charge is 0.277 e. The average molecular weight is 388 g/mol. The van der Waals surface area contributed by atoms with E-state index < -0.39 is 0 Å². The zero-order chi connectivity index (χ0) is 20.5. The first kappa shape index (κ1) is 20.1. The van der Waals surface area contributed by atoms with E-state index in [0.717, 1.165) is 28.0 Å². The van der Waals surface area contributed by atoms with Crippen molar-refractivity contribution in [3.05, 3.63) is 95.1 Å². The molecule has 3 aromatic rings. The summed E-state index contributed by atoms with van der Waals surface area (Å²) in [6.45, 7) is 4.36. The number of nitrogens with zero attached hydrogens (tertiary/aromatic N) is 1. The molecule has 29 heavy (non-hydrogen) atoms. The van der Waals surface area contributed by atoms with Crippen LogP contribution in [0.5, 0.6) is 11.5 Å². The van der Waals surface area contributed by atoms with Crippen molar-refractivity contribution in [2.75, 3.05) is 6.61 Å². The molecule has 0 spiro atoms. The summed E-state index contributed by atoms with van der Waals surface area (Å²) in [5.74, 6) is 1.11. The fourth-order valence-corrected chi connectivity index (χ4v) is 2.74. The molecular weight excluding hydrogens is 364 g/mol. The van der Waals surface area contributed by atoms with E-state index in [0.29, 0.717) is 12.4 Å². The molecule has 1 N–H and O–H groups in total. The molecule has 148 valence electrons. The van der Waals surface area contributed by atoms with Crippen molar-refractivity contribution in [2.45, 2.75) is 20.5 Å².